The summed E-state index contributed by atoms with van der Waals surface area (Å²) < 4.78 is 6.47. The number of nitrogens with two attached hydrogens (primary N) is 1. The van der Waals surface area contributed by atoms with Gasteiger partial charge in [0.25, 0.3) is 0 Å². The van der Waals surface area contributed by atoms with Crippen molar-refractivity contribution in [2.45, 2.75) is 12.3 Å². The van der Waals surface area contributed by atoms with Gasteiger partial charge < -0.3 is 10.8 Å². The van der Waals surface area contributed by atoms with Crippen molar-refractivity contribution < 1.29 is 14.6 Å². The molecule has 0 radical (unpaired) electrons. The number of carbonyl (C=O) groups is 1. The SMILES string of the molecule is NCC(CC(=O)O)c1ccccc1.OCl. The largest absolute Gasteiger partial charge is 0.481 e. The Hall–Kier alpha value is -1.10. The van der Waals surface area contributed by atoms with E-state index in [9.17, 15) is 4.79 Å². The number of aliphatic carboxylic acids is 1. The van der Waals surface area contributed by atoms with Gasteiger partial charge in [-0.15, -0.1) is 0 Å². The quantitative estimate of drug-likeness (QED) is 0.730. The molecule has 1 aromatic rings. The second kappa shape index (κ2) is 8.23. The average molecular weight is 232 g/mol. The third-order valence-electron chi connectivity index (χ3n) is 1.98. The van der Waals surface area contributed by atoms with Crippen LogP contribution in [0.1, 0.15) is 17.9 Å². The van der Waals surface area contributed by atoms with Gasteiger partial charge in [-0.25, -0.2) is 0 Å². The second-order valence-electron chi connectivity index (χ2n) is 2.94. The van der Waals surface area contributed by atoms with E-state index in [0.29, 0.717) is 6.54 Å². The van der Waals surface area contributed by atoms with E-state index in [-0.39, 0.29) is 12.3 Å². The zero-order valence-electron chi connectivity index (χ0n) is 8.14. The molecule has 0 saturated heterocycles. The molecule has 1 unspecified atom stereocenters. The monoisotopic (exact) mass is 231 g/mol. The smallest absolute Gasteiger partial charge is 0.304 e. The van der Waals surface area contributed by atoms with E-state index in [0.717, 1.165) is 5.56 Å². The number of halogens is 1. The molecule has 1 atom stereocenters. The van der Waals surface area contributed by atoms with Crippen LogP contribution in [0.4, 0.5) is 0 Å². The van der Waals surface area contributed by atoms with E-state index in [1.165, 1.54) is 0 Å². The van der Waals surface area contributed by atoms with Crippen LogP contribution >= 0.6 is 11.9 Å². The molecule has 0 fully saturated rings. The van der Waals surface area contributed by atoms with Gasteiger partial charge in [-0.05, 0) is 12.1 Å². The lowest BCUT2D eigenvalue weighted by Crippen LogP contribution is -2.16. The van der Waals surface area contributed by atoms with E-state index in [1.807, 2.05) is 30.3 Å². The van der Waals surface area contributed by atoms with E-state index in [4.69, 9.17) is 15.5 Å². The summed E-state index contributed by atoms with van der Waals surface area (Å²) in [6.45, 7) is 0.371. The minimum absolute atomic E-state index is 0.0706. The van der Waals surface area contributed by atoms with Crippen LogP contribution in [0, 0.1) is 0 Å². The molecule has 1 rings (SSSR count). The molecule has 84 valence electrons. The summed E-state index contributed by atoms with van der Waals surface area (Å²) in [4.78, 5) is 10.5. The number of rotatable bonds is 4. The molecule has 0 aliphatic heterocycles. The van der Waals surface area contributed by atoms with Crippen molar-refractivity contribution in [1.29, 1.82) is 0 Å². The zero-order chi connectivity index (χ0) is 11.7. The molecule has 0 bridgehead atoms. The van der Waals surface area contributed by atoms with Crippen molar-refractivity contribution in [1.82, 2.24) is 0 Å². The maximum Gasteiger partial charge on any atom is 0.304 e. The summed E-state index contributed by atoms with van der Waals surface area (Å²) in [5, 5.41) is 8.62. The normalized spacial score (nSPS) is 11.1. The van der Waals surface area contributed by atoms with E-state index in [1.54, 1.807) is 0 Å². The van der Waals surface area contributed by atoms with E-state index >= 15 is 0 Å². The minimum atomic E-state index is -0.806. The predicted octanol–water partition coefficient (Wildman–Crippen LogP) is 1.34. The molecule has 1 aromatic carbocycles. The van der Waals surface area contributed by atoms with Gasteiger partial charge in [0.2, 0.25) is 0 Å². The topological polar surface area (TPSA) is 83.6 Å². The fraction of sp³-hybridized carbons (Fsp3) is 0.300. The van der Waals surface area contributed by atoms with Crippen LogP contribution in [0.5, 0.6) is 0 Å². The Labute approximate surface area is 93.5 Å². The lowest BCUT2D eigenvalue weighted by molar-refractivity contribution is -0.137. The summed E-state index contributed by atoms with van der Waals surface area (Å²) in [6, 6.07) is 9.48. The van der Waals surface area contributed by atoms with Gasteiger partial charge in [0.05, 0.1) is 18.3 Å². The fourth-order valence-corrected chi connectivity index (χ4v) is 1.27. The summed E-state index contributed by atoms with van der Waals surface area (Å²) >= 11 is 3.64. The number of carboxylic acid groups (broad SMARTS) is 1. The Balaban J connectivity index is 0.000000921. The molecule has 4 nitrogen and oxygen atoms in total. The number of benzene rings is 1. The van der Waals surface area contributed by atoms with E-state index in [2.05, 4.69) is 11.9 Å². The van der Waals surface area contributed by atoms with Crippen LogP contribution < -0.4 is 5.73 Å². The predicted molar refractivity (Wildman–Crippen MR) is 58.6 cm³/mol. The molecule has 0 aliphatic rings. The first-order valence-corrected chi connectivity index (χ1v) is 4.71. The highest BCUT2D eigenvalue weighted by Gasteiger charge is 2.12. The highest BCUT2D eigenvalue weighted by molar-refractivity contribution is 6.04. The van der Waals surface area contributed by atoms with Gasteiger partial charge in [-0.1, -0.05) is 30.3 Å². The third kappa shape index (κ3) is 5.37. The Bertz CT molecular complexity index is 279. The number of hydrogen-bond acceptors (Lipinski definition) is 3. The van der Waals surface area contributed by atoms with Gasteiger partial charge in [0.1, 0.15) is 0 Å². The highest BCUT2D eigenvalue weighted by atomic mass is 35.5. The first-order valence-electron chi connectivity index (χ1n) is 4.37. The molecular weight excluding hydrogens is 218 g/mol. The Morgan fingerprint density at radius 1 is 1.33 bits per heavy atom. The minimum Gasteiger partial charge on any atom is -0.481 e. The maximum atomic E-state index is 10.5. The third-order valence-corrected chi connectivity index (χ3v) is 1.98. The summed E-state index contributed by atoms with van der Waals surface area (Å²) in [5.74, 6) is -0.877. The molecule has 0 heterocycles. The van der Waals surface area contributed by atoms with Crippen LogP contribution in [0.15, 0.2) is 30.3 Å². The van der Waals surface area contributed by atoms with Crippen molar-refractivity contribution >= 4 is 17.8 Å². The molecule has 5 heteroatoms. The Morgan fingerprint density at radius 3 is 2.27 bits per heavy atom. The first kappa shape index (κ1) is 13.9. The Kier molecular flexibility index (Phi) is 7.62. The molecule has 0 saturated carbocycles. The lowest BCUT2D eigenvalue weighted by atomic mass is 9.96. The zero-order valence-corrected chi connectivity index (χ0v) is 8.89. The van der Waals surface area contributed by atoms with Crippen LogP contribution in [0.2, 0.25) is 0 Å². The van der Waals surface area contributed by atoms with Gasteiger partial charge >= 0.3 is 5.97 Å². The second-order valence-corrected chi connectivity index (χ2v) is 2.94. The summed E-state index contributed by atoms with van der Waals surface area (Å²) in [6.07, 6.45) is 0.0977. The van der Waals surface area contributed by atoms with Crippen LogP contribution in [0.25, 0.3) is 0 Å². The van der Waals surface area contributed by atoms with Gasteiger partial charge in [-0.2, -0.15) is 0 Å². The summed E-state index contributed by atoms with van der Waals surface area (Å²) in [5.41, 5.74) is 6.48. The molecule has 0 aliphatic carbocycles. The molecule has 15 heavy (non-hydrogen) atoms. The first-order chi connectivity index (χ1) is 7.24. The van der Waals surface area contributed by atoms with Crippen molar-refractivity contribution in [3.63, 3.8) is 0 Å². The molecular formula is C10H14ClNO3. The molecule has 4 N–H and O–H groups in total. The van der Waals surface area contributed by atoms with Gasteiger partial charge in [0, 0.05) is 5.92 Å². The fourth-order valence-electron chi connectivity index (χ4n) is 1.27. The average Bonchev–Trinajstić information content (AvgIpc) is 2.29. The number of hydrogen-bond donors (Lipinski definition) is 3. The maximum absolute atomic E-state index is 10.5. The van der Waals surface area contributed by atoms with Crippen LogP contribution in [-0.4, -0.2) is 22.3 Å². The van der Waals surface area contributed by atoms with E-state index < -0.39 is 5.97 Å². The lowest BCUT2D eigenvalue weighted by Gasteiger charge is -2.11. The Morgan fingerprint density at radius 2 is 1.87 bits per heavy atom. The van der Waals surface area contributed by atoms with Crippen molar-refractivity contribution in [2.75, 3.05) is 6.54 Å². The van der Waals surface area contributed by atoms with Crippen molar-refractivity contribution in [3.8, 4) is 0 Å². The van der Waals surface area contributed by atoms with Crippen LogP contribution in [0.3, 0.4) is 0 Å². The van der Waals surface area contributed by atoms with Gasteiger partial charge in [0.15, 0.2) is 0 Å². The van der Waals surface area contributed by atoms with Crippen molar-refractivity contribution in [2.24, 2.45) is 5.73 Å². The van der Waals surface area contributed by atoms with Crippen molar-refractivity contribution in [3.05, 3.63) is 35.9 Å². The number of carboxylic acids is 1. The molecule has 0 aromatic heterocycles. The molecule has 0 spiro atoms. The highest BCUT2D eigenvalue weighted by Crippen LogP contribution is 2.17. The molecule has 0 amide bonds. The standard InChI is InChI=1S/C10H13NO2.ClHO/c11-7-9(6-10(12)13)8-4-2-1-3-5-8;1-2/h1-5,9H,6-7,11H2,(H,12,13);2H. The van der Waals surface area contributed by atoms with Gasteiger partial charge in [-0.3, -0.25) is 9.45 Å². The van der Waals surface area contributed by atoms with Crippen LogP contribution in [-0.2, 0) is 4.79 Å². The summed E-state index contributed by atoms with van der Waals surface area (Å²) in [7, 11) is 0.